The molecule has 1 saturated heterocycles. The van der Waals surface area contributed by atoms with Crippen LogP contribution >= 0.6 is 0 Å². The predicted octanol–water partition coefficient (Wildman–Crippen LogP) is 7.30. The largest absolute Gasteiger partial charge is 0.396 e. The van der Waals surface area contributed by atoms with Crippen molar-refractivity contribution in [1.29, 1.82) is 10.8 Å². The third-order valence-corrected chi connectivity index (χ3v) is 8.70. The van der Waals surface area contributed by atoms with Crippen LogP contribution in [0.1, 0.15) is 130 Å². The fraction of sp³-hybridized carbons (Fsp3) is 0.735. The van der Waals surface area contributed by atoms with Crippen LogP contribution in [0.25, 0.3) is 0 Å². The van der Waals surface area contributed by atoms with Gasteiger partial charge < -0.3 is 15.3 Å². The lowest BCUT2D eigenvalue weighted by Gasteiger charge is -2.37. The highest BCUT2D eigenvalue weighted by atomic mass is 16.2. The van der Waals surface area contributed by atoms with Crippen molar-refractivity contribution in [3.8, 4) is 0 Å². The Bertz CT molecular complexity index is 906. The van der Waals surface area contributed by atoms with E-state index in [2.05, 4.69) is 48.3 Å². The summed E-state index contributed by atoms with van der Waals surface area (Å²) in [7, 11) is 0. The van der Waals surface area contributed by atoms with Crippen LogP contribution < -0.4 is 5.32 Å². The molecule has 232 valence electrons. The van der Waals surface area contributed by atoms with Crippen molar-refractivity contribution in [2.45, 2.75) is 142 Å². The first-order valence-corrected chi connectivity index (χ1v) is 16.3. The van der Waals surface area contributed by atoms with Gasteiger partial charge in [-0.3, -0.25) is 20.5 Å². The van der Waals surface area contributed by atoms with Gasteiger partial charge in [-0.25, -0.2) is 0 Å². The Balaban J connectivity index is 1.92. The summed E-state index contributed by atoms with van der Waals surface area (Å²) in [4.78, 5) is 17.5. The lowest BCUT2D eigenvalue weighted by atomic mass is 10.0. The van der Waals surface area contributed by atoms with E-state index >= 15 is 0 Å². The van der Waals surface area contributed by atoms with Crippen LogP contribution in [0.5, 0.6) is 0 Å². The molecule has 1 aliphatic heterocycles. The Hall–Kier alpha value is -2.25. The van der Waals surface area contributed by atoms with E-state index in [1.807, 2.05) is 24.8 Å². The van der Waals surface area contributed by atoms with Gasteiger partial charge in [0.15, 0.2) is 0 Å². The molecule has 1 fully saturated rings. The SMILES string of the molecule is CC(=N)N(C(=N)C(C)C)C(C)CC1CCC(C)N1CCC(NC(=O)CCCCCCCCCCO)c1ccccc1. The highest BCUT2D eigenvalue weighted by molar-refractivity contribution is 5.98. The summed E-state index contributed by atoms with van der Waals surface area (Å²) in [5, 5.41) is 29.1. The molecule has 0 aliphatic carbocycles. The van der Waals surface area contributed by atoms with Crippen LogP contribution in [0.4, 0.5) is 0 Å². The number of nitrogens with one attached hydrogen (secondary N) is 3. The fourth-order valence-corrected chi connectivity index (χ4v) is 6.32. The minimum absolute atomic E-state index is 0.00413. The number of carbonyl (C=O) groups is 1. The summed E-state index contributed by atoms with van der Waals surface area (Å²) in [6.45, 7) is 11.5. The summed E-state index contributed by atoms with van der Waals surface area (Å²) >= 11 is 0. The number of hydrogen-bond donors (Lipinski definition) is 4. The summed E-state index contributed by atoms with van der Waals surface area (Å²) < 4.78 is 0. The van der Waals surface area contributed by atoms with E-state index in [4.69, 9.17) is 15.9 Å². The maximum atomic E-state index is 13.0. The van der Waals surface area contributed by atoms with Gasteiger partial charge in [0, 0.05) is 43.6 Å². The first-order valence-electron chi connectivity index (χ1n) is 16.3. The van der Waals surface area contributed by atoms with Gasteiger partial charge in [-0.1, -0.05) is 82.7 Å². The van der Waals surface area contributed by atoms with Crippen molar-refractivity contribution >= 4 is 17.6 Å². The van der Waals surface area contributed by atoms with Gasteiger partial charge >= 0.3 is 0 Å². The highest BCUT2D eigenvalue weighted by Gasteiger charge is 2.34. The Morgan fingerprint density at radius 1 is 1.00 bits per heavy atom. The van der Waals surface area contributed by atoms with E-state index < -0.39 is 0 Å². The number of carbonyl (C=O) groups excluding carboxylic acids is 1. The van der Waals surface area contributed by atoms with Crippen LogP contribution in [-0.2, 0) is 4.79 Å². The standard InChI is InChI=1S/C34H59N5O2/c1-26(2)34(36)39(29(5)35)28(4)25-31-21-20-27(3)38(31)23-22-32(30-17-13-12-14-18-30)37-33(41)19-15-10-8-6-7-9-11-16-24-40/h12-14,17-18,26-28,31-32,35-36,40H,6-11,15-16,19-25H2,1-5H3,(H,37,41). The molecule has 4 N–H and O–H groups in total. The molecule has 1 aliphatic rings. The van der Waals surface area contributed by atoms with Gasteiger partial charge in [0.2, 0.25) is 5.91 Å². The molecule has 0 bridgehead atoms. The Kier molecular flexibility index (Phi) is 16.2. The number of nitrogens with zero attached hydrogens (tertiary/aromatic N) is 2. The van der Waals surface area contributed by atoms with Crippen molar-refractivity contribution in [1.82, 2.24) is 15.1 Å². The number of hydrogen-bond acceptors (Lipinski definition) is 5. The summed E-state index contributed by atoms with van der Waals surface area (Å²) in [5.74, 6) is 1.20. The number of aliphatic hydroxyl groups is 1. The molecule has 1 aromatic carbocycles. The molecule has 4 atom stereocenters. The number of rotatable bonds is 19. The number of unbranched alkanes of at least 4 members (excludes halogenated alkanes) is 7. The van der Waals surface area contributed by atoms with E-state index in [0.717, 1.165) is 63.5 Å². The molecule has 0 spiro atoms. The molecule has 1 amide bonds. The van der Waals surface area contributed by atoms with Crippen LogP contribution in [0, 0.1) is 16.7 Å². The number of amides is 1. The molecule has 0 aromatic heterocycles. The first kappa shape index (κ1) is 34.9. The van der Waals surface area contributed by atoms with Gasteiger partial charge in [0.05, 0.1) is 11.9 Å². The smallest absolute Gasteiger partial charge is 0.220 e. The second-order valence-electron chi connectivity index (χ2n) is 12.5. The molecule has 4 unspecified atom stereocenters. The predicted molar refractivity (Wildman–Crippen MR) is 172 cm³/mol. The quantitative estimate of drug-likeness (QED) is 0.0797. The zero-order chi connectivity index (χ0) is 30.2. The molecule has 0 radical (unpaired) electrons. The van der Waals surface area contributed by atoms with Gasteiger partial charge in [0.25, 0.3) is 0 Å². The number of amidine groups is 2. The van der Waals surface area contributed by atoms with Crippen molar-refractivity contribution < 1.29 is 9.90 Å². The molecular weight excluding hydrogens is 510 g/mol. The lowest BCUT2D eigenvalue weighted by Crippen LogP contribution is -2.47. The topological polar surface area (TPSA) is 104 Å². The van der Waals surface area contributed by atoms with E-state index in [0.29, 0.717) is 36.8 Å². The average Bonchev–Trinajstić information content (AvgIpc) is 3.28. The summed E-state index contributed by atoms with van der Waals surface area (Å²) in [6.07, 6.45) is 13.5. The Morgan fingerprint density at radius 2 is 1.61 bits per heavy atom. The average molecular weight is 570 g/mol. The van der Waals surface area contributed by atoms with E-state index in [9.17, 15) is 4.79 Å². The second-order valence-corrected chi connectivity index (χ2v) is 12.5. The van der Waals surface area contributed by atoms with Crippen LogP contribution in [-0.4, -0.2) is 63.8 Å². The lowest BCUT2D eigenvalue weighted by molar-refractivity contribution is -0.122. The number of aliphatic hydroxyl groups excluding tert-OH is 1. The maximum Gasteiger partial charge on any atom is 0.220 e. The van der Waals surface area contributed by atoms with E-state index in [1.54, 1.807) is 6.92 Å². The molecular formula is C34H59N5O2. The van der Waals surface area contributed by atoms with Gasteiger partial charge in [0.1, 0.15) is 5.84 Å². The number of likely N-dealkylation sites (tertiary alicyclic amines) is 1. The Morgan fingerprint density at radius 3 is 2.20 bits per heavy atom. The van der Waals surface area contributed by atoms with Crippen molar-refractivity contribution in [3.63, 3.8) is 0 Å². The molecule has 0 saturated carbocycles. The van der Waals surface area contributed by atoms with Gasteiger partial charge in [-0.05, 0) is 64.9 Å². The second kappa shape index (κ2) is 19.0. The number of benzene rings is 1. The summed E-state index contributed by atoms with van der Waals surface area (Å²) in [5.41, 5.74) is 1.16. The molecule has 7 heteroatoms. The van der Waals surface area contributed by atoms with Crippen LogP contribution in [0.2, 0.25) is 0 Å². The van der Waals surface area contributed by atoms with Gasteiger partial charge in [-0.15, -0.1) is 0 Å². The third kappa shape index (κ3) is 12.3. The minimum Gasteiger partial charge on any atom is -0.396 e. The van der Waals surface area contributed by atoms with Crippen molar-refractivity contribution in [3.05, 3.63) is 35.9 Å². The first-order chi connectivity index (χ1) is 19.6. The van der Waals surface area contributed by atoms with Crippen molar-refractivity contribution in [2.24, 2.45) is 5.92 Å². The zero-order valence-corrected chi connectivity index (χ0v) is 26.6. The Labute approximate surface area is 250 Å². The maximum absolute atomic E-state index is 13.0. The molecule has 1 heterocycles. The summed E-state index contributed by atoms with van der Waals surface area (Å²) in [6, 6.07) is 11.4. The van der Waals surface area contributed by atoms with Crippen LogP contribution in [0.15, 0.2) is 30.3 Å². The molecule has 2 rings (SSSR count). The zero-order valence-electron chi connectivity index (χ0n) is 26.6. The van der Waals surface area contributed by atoms with E-state index in [-0.39, 0.29) is 23.9 Å². The highest BCUT2D eigenvalue weighted by Crippen LogP contribution is 2.30. The molecule has 41 heavy (non-hydrogen) atoms. The monoisotopic (exact) mass is 569 g/mol. The molecule has 7 nitrogen and oxygen atoms in total. The van der Waals surface area contributed by atoms with Crippen molar-refractivity contribution in [2.75, 3.05) is 13.2 Å². The minimum atomic E-state index is -0.00413. The van der Waals surface area contributed by atoms with Gasteiger partial charge in [-0.2, -0.15) is 0 Å². The normalized spacial score (nSPS) is 18.8. The third-order valence-electron chi connectivity index (χ3n) is 8.70. The molecule has 1 aromatic rings. The van der Waals surface area contributed by atoms with Crippen LogP contribution in [0.3, 0.4) is 0 Å². The van der Waals surface area contributed by atoms with E-state index in [1.165, 1.54) is 25.7 Å². The fourth-order valence-electron chi connectivity index (χ4n) is 6.32.